The van der Waals surface area contributed by atoms with Gasteiger partial charge in [-0.1, -0.05) is 41.1 Å². The summed E-state index contributed by atoms with van der Waals surface area (Å²) in [5, 5.41) is 26.7. The van der Waals surface area contributed by atoms with Gasteiger partial charge in [-0.2, -0.15) is 5.26 Å². The van der Waals surface area contributed by atoms with Crippen LogP contribution in [0.3, 0.4) is 0 Å². The lowest BCUT2D eigenvalue weighted by Gasteiger charge is -2.12. The third kappa shape index (κ3) is 5.82. The van der Waals surface area contributed by atoms with Crippen molar-refractivity contribution in [2.75, 3.05) is 16.4 Å². The van der Waals surface area contributed by atoms with Gasteiger partial charge >= 0.3 is 0 Å². The van der Waals surface area contributed by atoms with Gasteiger partial charge < -0.3 is 10.6 Å². The van der Waals surface area contributed by atoms with Crippen LogP contribution in [-0.2, 0) is 24.2 Å². The third-order valence-electron chi connectivity index (χ3n) is 6.16. The van der Waals surface area contributed by atoms with Gasteiger partial charge in [-0.05, 0) is 74.6 Å². The standard InChI is InChI=1S/C27H25ClN6OS2/c1-17-6-10-19(11-7-17)30-15-24-32-33-27(34(24)20-12-8-18(28)9-13-20)36-16-25(35)31-26-22(14-29)21-4-2-3-5-23(21)37-26/h6-13,30H,2-5,15-16H2,1H3,(H,31,35). The quantitative estimate of drug-likeness (QED) is 0.248. The first-order chi connectivity index (χ1) is 18.0. The number of nitriles is 1. The maximum Gasteiger partial charge on any atom is 0.235 e. The van der Waals surface area contributed by atoms with E-state index in [1.165, 1.54) is 33.5 Å². The number of amides is 1. The molecule has 2 aromatic carbocycles. The molecule has 0 unspecified atom stereocenters. The summed E-state index contributed by atoms with van der Waals surface area (Å²) in [6.07, 6.45) is 4.10. The number of thioether (sulfide) groups is 1. The highest BCUT2D eigenvalue weighted by molar-refractivity contribution is 7.99. The van der Waals surface area contributed by atoms with Crippen LogP contribution in [0.1, 0.15) is 40.2 Å². The van der Waals surface area contributed by atoms with Crippen LogP contribution in [0.15, 0.2) is 53.7 Å². The van der Waals surface area contributed by atoms with Gasteiger partial charge in [0.1, 0.15) is 11.1 Å². The van der Waals surface area contributed by atoms with E-state index in [4.69, 9.17) is 11.6 Å². The number of carbonyl (C=O) groups is 1. The molecule has 10 heteroatoms. The molecular weight excluding hydrogens is 524 g/mol. The van der Waals surface area contributed by atoms with E-state index in [1.54, 1.807) is 0 Å². The highest BCUT2D eigenvalue weighted by Gasteiger charge is 2.22. The number of aromatic nitrogens is 3. The van der Waals surface area contributed by atoms with Crippen LogP contribution in [0.5, 0.6) is 0 Å². The van der Waals surface area contributed by atoms with E-state index in [-0.39, 0.29) is 11.7 Å². The van der Waals surface area contributed by atoms with Gasteiger partial charge in [0.25, 0.3) is 0 Å². The van der Waals surface area contributed by atoms with Gasteiger partial charge in [-0.15, -0.1) is 21.5 Å². The van der Waals surface area contributed by atoms with E-state index in [1.807, 2.05) is 60.0 Å². The molecule has 2 heterocycles. The van der Waals surface area contributed by atoms with Crippen LogP contribution in [0.4, 0.5) is 10.7 Å². The molecule has 0 atom stereocenters. The van der Waals surface area contributed by atoms with Crippen molar-refractivity contribution >= 4 is 51.3 Å². The molecule has 0 bridgehead atoms. The smallest absolute Gasteiger partial charge is 0.235 e. The first-order valence-electron chi connectivity index (χ1n) is 12.0. The zero-order valence-electron chi connectivity index (χ0n) is 20.3. The summed E-state index contributed by atoms with van der Waals surface area (Å²) in [4.78, 5) is 14.1. The fourth-order valence-corrected chi connectivity index (χ4v) is 6.43. The highest BCUT2D eigenvalue weighted by Crippen LogP contribution is 2.37. The SMILES string of the molecule is Cc1ccc(NCc2nnc(SCC(=O)Nc3sc4c(c3C#N)CCCC4)n2-c2ccc(Cl)cc2)cc1. The minimum atomic E-state index is -0.176. The minimum Gasteiger partial charge on any atom is -0.378 e. The third-order valence-corrected chi connectivity index (χ3v) is 8.54. The van der Waals surface area contributed by atoms with Crippen molar-refractivity contribution in [1.82, 2.24) is 14.8 Å². The Morgan fingerprint density at radius 1 is 1.14 bits per heavy atom. The number of fused-ring (bicyclic) bond motifs is 1. The summed E-state index contributed by atoms with van der Waals surface area (Å²) in [6, 6.07) is 17.9. The van der Waals surface area contributed by atoms with E-state index >= 15 is 0 Å². The molecule has 4 aromatic rings. The second-order valence-corrected chi connectivity index (χ2v) is 11.3. The number of aryl methyl sites for hydroxylation is 2. The first kappa shape index (κ1) is 25.3. The first-order valence-corrected chi connectivity index (χ1v) is 14.2. The summed E-state index contributed by atoms with van der Waals surface area (Å²) in [6.45, 7) is 2.51. The Hall–Kier alpha value is -3.32. The summed E-state index contributed by atoms with van der Waals surface area (Å²) in [5.41, 5.74) is 4.76. The lowest BCUT2D eigenvalue weighted by atomic mass is 9.96. The maximum atomic E-state index is 12.9. The average Bonchev–Trinajstić information content (AvgIpc) is 3.48. The molecule has 1 aliphatic rings. The molecule has 7 nitrogen and oxygen atoms in total. The molecule has 37 heavy (non-hydrogen) atoms. The minimum absolute atomic E-state index is 0.143. The zero-order chi connectivity index (χ0) is 25.8. The Balaban J connectivity index is 1.32. The van der Waals surface area contributed by atoms with Crippen molar-refractivity contribution in [3.8, 4) is 11.8 Å². The van der Waals surface area contributed by atoms with Crippen molar-refractivity contribution < 1.29 is 4.79 Å². The lowest BCUT2D eigenvalue weighted by molar-refractivity contribution is -0.113. The predicted octanol–water partition coefficient (Wildman–Crippen LogP) is 6.38. The molecule has 0 saturated carbocycles. The predicted molar refractivity (Wildman–Crippen MR) is 150 cm³/mol. The van der Waals surface area contributed by atoms with Crippen molar-refractivity contribution in [3.63, 3.8) is 0 Å². The molecule has 5 rings (SSSR count). The van der Waals surface area contributed by atoms with Gasteiger partial charge in [0, 0.05) is 21.3 Å². The number of anilines is 2. The van der Waals surface area contributed by atoms with Gasteiger partial charge in [0.05, 0.1) is 17.9 Å². The van der Waals surface area contributed by atoms with Crippen LogP contribution in [0.2, 0.25) is 5.02 Å². The number of halogens is 1. The molecule has 2 N–H and O–H groups in total. The number of rotatable bonds is 8. The van der Waals surface area contributed by atoms with E-state index < -0.39 is 0 Å². The number of hydrogen-bond acceptors (Lipinski definition) is 7. The Labute approximate surface area is 228 Å². The molecule has 0 aliphatic heterocycles. The summed E-state index contributed by atoms with van der Waals surface area (Å²) >= 11 is 8.95. The highest BCUT2D eigenvalue weighted by atomic mass is 35.5. The fraction of sp³-hybridized carbons (Fsp3) is 0.259. The maximum absolute atomic E-state index is 12.9. The Bertz CT molecular complexity index is 1450. The number of nitrogens with zero attached hydrogens (tertiary/aromatic N) is 4. The average molecular weight is 549 g/mol. The monoisotopic (exact) mass is 548 g/mol. The van der Waals surface area contributed by atoms with Crippen LogP contribution < -0.4 is 10.6 Å². The van der Waals surface area contributed by atoms with E-state index in [0.717, 1.165) is 42.6 Å². The Morgan fingerprint density at radius 3 is 2.65 bits per heavy atom. The van der Waals surface area contributed by atoms with Crippen LogP contribution >= 0.6 is 34.7 Å². The van der Waals surface area contributed by atoms with E-state index in [9.17, 15) is 10.1 Å². The molecule has 2 aromatic heterocycles. The topological polar surface area (TPSA) is 95.6 Å². The number of hydrogen-bond donors (Lipinski definition) is 2. The summed E-state index contributed by atoms with van der Waals surface area (Å²) in [7, 11) is 0. The van der Waals surface area contributed by atoms with E-state index in [0.29, 0.717) is 33.1 Å². The Morgan fingerprint density at radius 2 is 1.89 bits per heavy atom. The number of carbonyl (C=O) groups excluding carboxylic acids is 1. The van der Waals surface area contributed by atoms with Crippen molar-refractivity contribution in [3.05, 3.63) is 80.9 Å². The molecule has 0 fully saturated rings. The molecule has 1 amide bonds. The number of nitrogens with one attached hydrogen (secondary N) is 2. The largest absolute Gasteiger partial charge is 0.378 e. The zero-order valence-corrected chi connectivity index (χ0v) is 22.6. The molecular formula is C27H25ClN6OS2. The van der Waals surface area contributed by atoms with E-state index in [2.05, 4.69) is 26.9 Å². The lowest BCUT2D eigenvalue weighted by Crippen LogP contribution is -2.15. The number of benzene rings is 2. The fourth-order valence-electron chi connectivity index (χ4n) is 4.28. The Kier molecular flexibility index (Phi) is 7.79. The summed E-state index contributed by atoms with van der Waals surface area (Å²) < 4.78 is 1.93. The van der Waals surface area contributed by atoms with Gasteiger partial charge in [0.2, 0.25) is 5.91 Å². The van der Waals surface area contributed by atoms with Crippen molar-refractivity contribution in [2.24, 2.45) is 0 Å². The molecule has 188 valence electrons. The van der Waals surface area contributed by atoms with Gasteiger partial charge in [-0.3, -0.25) is 9.36 Å². The van der Waals surface area contributed by atoms with Crippen molar-refractivity contribution in [2.45, 2.75) is 44.3 Å². The van der Waals surface area contributed by atoms with Crippen LogP contribution in [-0.4, -0.2) is 26.4 Å². The van der Waals surface area contributed by atoms with Gasteiger partial charge in [0.15, 0.2) is 11.0 Å². The molecule has 1 aliphatic carbocycles. The van der Waals surface area contributed by atoms with Crippen molar-refractivity contribution in [1.29, 1.82) is 5.26 Å². The molecule has 0 spiro atoms. The molecule has 0 radical (unpaired) electrons. The number of thiophene rings is 1. The van der Waals surface area contributed by atoms with Crippen LogP contribution in [0.25, 0.3) is 5.69 Å². The molecule has 0 saturated heterocycles. The van der Waals surface area contributed by atoms with Crippen LogP contribution in [0, 0.1) is 18.3 Å². The normalized spacial score (nSPS) is 12.6. The summed E-state index contributed by atoms with van der Waals surface area (Å²) in [5.74, 6) is 0.679. The second kappa shape index (κ2) is 11.4. The second-order valence-electron chi connectivity index (χ2n) is 8.79. The van der Waals surface area contributed by atoms with Gasteiger partial charge in [-0.25, -0.2) is 0 Å².